The third kappa shape index (κ3) is 3.90. The quantitative estimate of drug-likeness (QED) is 0.445. The van der Waals surface area contributed by atoms with E-state index in [0.29, 0.717) is 17.9 Å². The van der Waals surface area contributed by atoms with Gasteiger partial charge in [0.25, 0.3) is 5.56 Å². The number of nitrogens with zero attached hydrogens (tertiary/aromatic N) is 2. The standard InChI is InChI=1S/C26H20FN3O/c27-21-13-7-10-19(14-21)16-23-26(31)30-17-24(20-11-5-2-6-12-20)28-22(25(30)29-23)15-18-8-3-1-4-9-18/h1-14,17,28H,15-16H2. The minimum absolute atomic E-state index is 0.181. The van der Waals surface area contributed by atoms with E-state index in [0.717, 1.165) is 28.1 Å². The predicted octanol–water partition coefficient (Wildman–Crippen LogP) is 4.99. The molecule has 2 heterocycles. The molecule has 0 fully saturated rings. The van der Waals surface area contributed by atoms with E-state index >= 15 is 0 Å². The largest absolute Gasteiger partial charge is 0.354 e. The number of hydrogen-bond acceptors (Lipinski definition) is 2. The van der Waals surface area contributed by atoms with Gasteiger partial charge >= 0.3 is 0 Å². The van der Waals surface area contributed by atoms with E-state index in [-0.39, 0.29) is 17.8 Å². The molecule has 4 nitrogen and oxygen atoms in total. The third-order valence-corrected chi connectivity index (χ3v) is 5.32. The Balaban J connectivity index is 1.65. The van der Waals surface area contributed by atoms with Gasteiger partial charge in [0.05, 0.1) is 11.4 Å². The first-order valence-electron chi connectivity index (χ1n) is 10.1. The summed E-state index contributed by atoms with van der Waals surface area (Å²) in [5.41, 5.74) is 4.74. The van der Waals surface area contributed by atoms with Crippen LogP contribution >= 0.6 is 0 Å². The number of benzene rings is 3. The number of halogens is 1. The fourth-order valence-corrected chi connectivity index (χ4v) is 3.82. The molecule has 0 atom stereocenters. The lowest BCUT2D eigenvalue weighted by Crippen LogP contribution is -2.17. The molecular weight excluding hydrogens is 389 g/mol. The van der Waals surface area contributed by atoms with Crippen molar-refractivity contribution in [3.05, 3.63) is 130 Å². The van der Waals surface area contributed by atoms with Crippen LogP contribution in [0.5, 0.6) is 0 Å². The topological polar surface area (TPSA) is 50.7 Å². The van der Waals surface area contributed by atoms with Crippen LogP contribution in [0.25, 0.3) is 17.1 Å². The van der Waals surface area contributed by atoms with E-state index in [9.17, 15) is 9.18 Å². The molecule has 0 amide bonds. The first-order chi connectivity index (χ1) is 15.2. The highest BCUT2D eigenvalue weighted by Crippen LogP contribution is 2.23. The highest BCUT2D eigenvalue weighted by Gasteiger charge is 2.20. The monoisotopic (exact) mass is 409 g/mol. The lowest BCUT2D eigenvalue weighted by Gasteiger charge is -2.13. The van der Waals surface area contributed by atoms with E-state index in [2.05, 4.69) is 9.97 Å². The number of imidazole rings is 1. The summed E-state index contributed by atoms with van der Waals surface area (Å²) in [7, 11) is 0. The van der Waals surface area contributed by atoms with Crippen molar-refractivity contribution in [3.8, 4) is 17.1 Å². The average Bonchev–Trinajstić information content (AvgIpc) is 3.11. The van der Waals surface area contributed by atoms with Crippen molar-refractivity contribution in [2.75, 3.05) is 0 Å². The van der Waals surface area contributed by atoms with Gasteiger partial charge in [-0.25, -0.2) is 9.37 Å². The molecule has 2 aliphatic rings. The van der Waals surface area contributed by atoms with Crippen LogP contribution in [0.15, 0.2) is 95.9 Å². The SMILES string of the molecule is O=c1c(Cc2cccc(F)c2)nc2c(Cc3ccccc3)[nH]c(-c3ccccc3)cn1-2. The molecule has 0 aliphatic carbocycles. The normalized spacial score (nSPS) is 11.1. The van der Waals surface area contributed by atoms with E-state index in [1.165, 1.54) is 12.1 Å². The number of fused-ring (bicyclic) bond motifs is 1. The van der Waals surface area contributed by atoms with E-state index in [1.54, 1.807) is 22.9 Å². The zero-order valence-electron chi connectivity index (χ0n) is 16.8. The van der Waals surface area contributed by atoms with E-state index < -0.39 is 0 Å². The number of nitrogens with one attached hydrogen (secondary N) is 1. The van der Waals surface area contributed by atoms with Gasteiger partial charge in [0.1, 0.15) is 11.5 Å². The Labute approximate surface area is 179 Å². The van der Waals surface area contributed by atoms with Crippen molar-refractivity contribution in [3.63, 3.8) is 0 Å². The zero-order valence-corrected chi connectivity index (χ0v) is 16.8. The third-order valence-electron chi connectivity index (χ3n) is 5.32. The highest BCUT2D eigenvalue weighted by atomic mass is 19.1. The maximum absolute atomic E-state index is 13.6. The summed E-state index contributed by atoms with van der Waals surface area (Å²) in [5.74, 6) is 0.276. The lowest BCUT2D eigenvalue weighted by molar-refractivity contribution is 0.626. The van der Waals surface area contributed by atoms with Gasteiger partial charge in [-0.3, -0.25) is 9.36 Å². The Kier molecular flexibility index (Phi) is 4.92. The van der Waals surface area contributed by atoms with Crippen LogP contribution in [0.4, 0.5) is 4.39 Å². The molecule has 5 heteroatoms. The number of aromatic nitrogens is 3. The lowest BCUT2D eigenvalue weighted by atomic mass is 10.1. The molecule has 0 unspecified atom stereocenters. The first-order valence-corrected chi connectivity index (χ1v) is 10.1. The van der Waals surface area contributed by atoms with Crippen molar-refractivity contribution in [1.82, 2.24) is 14.5 Å². The summed E-state index contributed by atoms with van der Waals surface area (Å²) in [4.78, 5) is 21.3. The maximum Gasteiger partial charge on any atom is 0.278 e. The Bertz CT molecular complexity index is 1360. The van der Waals surface area contributed by atoms with Gasteiger partial charge in [0, 0.05) is 19.0 Å². The van der Waals surface area contributed by atoms with Gasteiger partial charge in [0.2, 0.25) is 0 Å². The molecule has 0 saturated heterocycles. The fourth-order valence-electron chi connectivity index (χ4n) is 3.82. The summed E-state index contributed by atoms with van der Waals surface area (Å²) in [5, 5.41) is 0. The second-order valence-corrected chi connectivity index (χ2v) is 7.54. The van der Waals surface area contributed by atoms with E-state index in [4.69, 9.17) is 0 Å². The average molecular weight is 409 g/mol. The van der Waals surface area contributed by atoms with Crippen molar-refractivity contribution in [2.45, 2.75) is 12.8 Å². The molecule has 3 aromatic carbocycles. The summed E-state index contributed by atoms with van der Waals surface area (Å²) in [6.07, 6.45) is 2.69. The van der Waals surface area contributed by atoms with Crippen LogP contribution in [0, 0.1) is 5.82 Å². The molecular formula is C26H20FN3O. The van der Waals surface area contributed by atoms with Gasteiger partial charge in [-0.1, -0.05) is 72.8 Å². The highest BCUT2D eigenvalue weighted by molar-refractivity contribution is 5.60. The van der Waals surface area contributed by atoms with Crippen LogP contribution in [-0.4, -0.2) is 14.5 Å². The molecule has 5 rings (SSSR count). The zero-order chi connectivity index (χ0) is 21.2. The van der Waals surface area contributed by atoms with Gasteiger partial charge in [0.15, 0.2) is 5.82 Å². The smallest absolute Gasteiger partial charge is 0.278 e. The van der Waals surface area contributed by atoms with E-state index in [1.807, 2.05) is 60.7 Å². The Morgan fingerprint density at radius 2 is 1.55 bits per heavy atom. The second kappa shape index (κ2) is 8.03. The molecule has 0 saturated carbocycles. The van der Waals surface area contributed by atoms with Gasteiger partial charge in [-0.05, 0) is 28.8 Å². The van der Waals surface area contributed by atoms with Crippen LogP contribution < -0.4 is 5.56 Å². The Morgan fingerprint density at radius 1 is 0.839 bits per heavy atom. The molecule has 0 aromatic heterocycles. The van der Waals surface area contributed by atoms with Crippen LogP contribution in [0.2, 0.25) is 0 Å². The molecule has 31 heavy (non-hydrogen) atoms. The van der Waals surface area contributed by atoms with Gasteiger partial charge in [-0.15, -0.1) is 0 Å². The molecule has 2 aliphatic heterocycles. The number of H-pyrrole nitrogens is 1. The maximum atomic E-state index is 13.6. The summed E-state index contributed by atoms with van der Waals surface area (Å²) in [6, 6.07) is 26.2. The van der Waals surface area contributed by atoms with Crippen molar-refractivity contribution in [1.29, 1.82) is 0 Å². The molecule has 0 bridgehead atoms. The second-order valence-electron chi connectivity index (χ2n) is 7.54. The van der Waals surface area contributed by atoms with Crippen molar-refractivity contribution in [2.24, 2.45) is 0 Å². The summed E-state index contributed by atoms with van der Waals surface area (Å²) in [6.45, 7) is 0. The number of rotatable bonds is 5. The van der Waals surface area contributed by atoms with Crippen LogP contribution in [0.1, 0.15) is 22.5 Å². The Morgan fingerprint density at radius 3 is 2.29 bits per heavy atom. The van der Waals surface area contributed by atoms with Crippen molar-refractivity contribution >= 4 is 0 Å². The molecule has 0 radical (unpaired) electrons. The summed E-state index contributed by atoms with van der Waals surface area (Å²) >= 11 is 0. The minimum atomic E-state index is -0.321. The summed E-state index contributed by atoms with van der Waals surface area (Å²) < 4.78 is 15.2. The van der Waals surface area contributed by atoms with Crippen LogP contribution in [0.3, 0.4) is 0 Å². The molecule has 152 valence electrons. The predicted molar refractivity (Wildman–Crippen MR) is 119 cm³/mol. The minimum Gasteiger partial charge on any atom is -0.354 e. The van der Waals surface area contributed by atoms with Gasteiger partial charge < -0.3 is 4.98 Å². The Hall–Kier alpha value is -3.99. The first kappa shape index (κ1) is 19.0. The molecule has 3 aromatic rings. The molecule has 0 spiro atoms. The fraction of sp³-hybridized carbons (Fsp3) is 0.0769. The number of hydrogen-bond donors (Lipinski definition) is 1. The van der Waals surface area contributed by atoms with Gasteiger partial charge in [-0.2, -0.15) is 0 Å². The number of aromatic amines is 1. The molecule has 1 N–H and O–H groups in total. The van der Waals surface area contributed by atoms with Crippen LogP contribution in [-0.2, 0) is 12.8 Å². The van der Waals surface area contributed by atoms with Crippen molar-refractivity contribution < 1.29 is 4.39 Å².